The van der Waals surface area contributed by atoms with Gasteiger partial charge in [0.25, 0.3) is 5.91 Å². The Hall–Kier alpha value is -1.89. The summed E-state index contributed by atoms with van der Waals surface area (Å²) in [7, 11) is 0. The van der Waals surface area contributed by atoms with E-state index in [-0.39, 0.29) is 5.69 Å². The second kappa shape index (κ2) is 4.96. The minimum absolute atomic E-state index is 0.101. The van der Waals surface area contributed by atoms with Crippen molar-refractivity contribution in [2.75, 3.05) is 26.3 Å². The molecule has 0 aromatic carbocycles. The fourth-order valence-corrected chi connectivity index (χ4v) is 1.48. The fraction of sp³-hybridized carbons (Fsp3) is 0.500. The second-order valence-corrected chi connectivity index (χ2v) is 3.68. The number of hydrogen-bond acceptors (Lipinski definition) is 5. The normalized spacial score (nSPS) is 15.7. The monoisotopic (exact) mass is 239 g/mol. The van der Waals surface area contributed by atoms with E-state index in [1.165, 1.54) is 11.0 Å². The second-order valence-electron chi connectivity index (χ2n) is 3.68. The number of rotatable bonds is 1. The number of nitrogens with one attached hydrogen (secondary N) is 1. The summed E-state index contributed by atoms with van der Waals surface area (Å²) in [6.45, 7) is 3.62. The first kappa shape index (κ1) is 11.6. The van der Waals surface area contributed by atoms with Gasteiger partial charge in [-0.25, -0.2) is 4.79 Å². The molecule has 1 saturated heterocycles. The molecule has 0 bridgehead atoms. The van der Waals surface area contributed by atoms with Crippen molar-refractivity contribution in [3.05, 3.63) is 17.5 Å². The summed E-state index contributed by atoms with van der Waals surface area (Å²) in [4.78, 5) is 24.8. The summed E-state index contributed by atoms with van der Waals surface area (Å²) < 4.78 is 9.87. The summed E-state index contributed by atoms with van der Waals surface area (Å²) in [6.07, 6.45) is 0. The van der Waals surface area contributed by atoms with Gasteiger partial charge < -0.3 is 14.2 Å². The molecule has 7 nitrogen and oxygen atoms in total. The summed E-state index contributed by atoms with van der Waals surface area (Å²) in [5.41, 5.74) is 0.101. The van der Waals surface area contributed by atoms with Gasteiger partial charge in [-0.15, -0.1) is 0 Å². The fourth-order valence-electron chi connectivity index (χ4n) is 1.48. The molecule has 1 N–H and O–H groups in total. The predicted octanol–water partition coefficient (Wildman–Crippen LogP) is 0.165. The Kier molecular flexibility index (Phi) is 3.38. The van der Waals surface area contributed by atoms with Crippen LogP contribution in [0.3, 0.4) is 0 Å². The highest BCUT2D eigenvalue weighted by atomic mass is 16.5. The Bertz CT molecular complexity index is 423. The van der Waals surface area contributed by atoms with E-state index in [1.54, 1.807) is 6.92 Å². The van der Waals surface area contributed by atoms with Gasteiger partial charge in [0.1, 0.15) is 5.76 Å². The lowest BCUT2D eigenvalue weighted by Crippen LogP contribution is -2.48. The van der Waals surface area contributed by atoms with E-state index in [4.69, 9.17) is 9.26 Å². The van der Waals surface area contributed by atoms with Crippen LogP contribution in [0.2, 0.25) is 0 Å². The average Bonchev–Trinajstić information content (AvgIpc) is 2.77. The van der Waals surface area contributed by atoms with Crippen LogP contribution in [-0.2, 0) is 4.74 Å². The van der Waals surface area contributed by atoms with Crippen molar-refractivity contribution in [1.82, 2.24) is 15.4 Å². The first-order valence-corrected chi connectivity index (χ1v) is 5.28. The maximum absolute atomic E-state index is 11.7. The van der Waals surface area contributed by atoms with E-state index >= 15 is 0 Å². The molecule has 0 aliphatic carbocycles. The maximum atomic E-state index is 11.7. The Morgan fingerprint density at radius 1 is 1.41 bits per heavy atom. The third-order valence-electron chi connectivity index (χ3n) is 2.38. The van der Waals surface area contributed by atoms with Crippen molar-refractivity contribution in [2.45, 2.75) is 6.92 Å². The number of carbonyl (C=O) groups is 2. The highest BCUT2D eigenvalue weighted by Crippen LogP contribution is 2.02. The smallest absolute Gasteiger partial charge is 0.324 e. The number of imide groups is 1. The molecule has 0 spiro atoms. The lowest BCUT2D eigenvalue weighted by atomic mass is 10.3. The number of urea groups is 1. The van der Waals surface area contributed by atoms with Gasteiger partial charge in [-0.2, -0.15) is 0 Å². The molecular formula is C10H13N3O4. The topological polar surface area (TPSA) is 84.7 Å². The molecule has 1 fully saturated rings. The number of amides is 3. The molecule has 2 heterocycles. The number of hydrogen-bond donors (Lipinski definition) is 1. The zero-order chi connectivity index (χ0) is 12.3. The Morgan fingerprint density at radius 3 is 2.71 bits per heavy atom. The molecule has 17 heavy (non-hydrogen) atoms. The van der Waals surface area contributed by atoms with Crippen LogP contribution < -0.4 is 5.32 Å². The highest BCUT2D eigenvalue weighted by molar-refractivity contribution is 6.03. The number of aromatic nitrogens is 1. The van der Waals surface area contributed by atoms with E-state index in [0.29, 0.717) is 32.1 Å². The predicted molar refractivity (Wildman–Crippen MR) is 56.5 cm³/mol. The number of carbonyl (C=O) groups excluding carboxylic acids is 2. The molecule has 3 amide bonds. The van der Waals surface area contributed by atoms with Gasteiger partial charge in [-0.3, -0.25) is 10.1 Å². The van der Waals surface area contributed by atoms with Crippen LogP contribution in [-0.4, -0.2) is 48.3 Å². The summed E-state index contributed by atoms with van der Waals surface area (Å²) >= 11 is 0. The van der Waals surface area contributed by atoms with Crippen LogP contribution in [0.5, 0.6) is 0 Å². The van der Waals surface area contributed by atoms with Crippen LogP contribution >= 0.6 is 0 Å². The third kappa shape index (κ3) is 2.82. The molecule has 0 radical (unpaired) electrons. The van der Waals surface area contributed by atoms with Gasteiger partial charge in [0.2, 0.25) is 0 Å². The Labute approximate surface area is 97.7 Å². The number of nitrogens with zero attached hydrogens (tertiary/aromatic N) is 2. The van der Waals surface area contributed by atoms with Crippen molar-refractivity contribution in [3.8, 4) is 0 Å². The van der Waals surface area contributed by atoms with Crippen LogP contribution in [0.15, 0.2) is 10.6 Å². The Balaban J connectivity index is 1.91. The first-order valence-electron chi connectivity index (χ1n) is 5.28. The van der Waals surface area contributed by atoms with Crippen molar-refractivity contribution in [2.24, 2.45) is 0 Å². The molecule has 7 heteroatoms. The number of morpholine rings is 1. The van der Waals surface area contributed by atoms with E-state index in [0.717, 1.165) is 0 Å². The van der Waals surface area contributed by atoms with E-state index in [9.17, 15) is 9.59 Å². The molecule has 0 unspecified atom stereocenters. The molecule has 1 aromatic heterocycles. The highest BCUT2D eigenvalue weighted by Gasteiger charge is 2.20. The number of ether oxygens (including phenoxy) is 1. The zero-order valence-corrected chi connectivity index (χ0v) is 9.43. The SMILES string of the molecule is Cc1cc(C(=O)NC(=O)N2CCOCC2)no1. The van der Waals surface area contributed by atoms with Crippen molar-refractivity contribution >= 4 is 11.9 Å². The molecule has 92 valence electrons. The zero-order valence-electron chi connectivity index (χ0n) is 9.43. The molecular weight excluding hydrogens is 226 g/mol. The van der Waals surface area contributed by atoms with Gasteiger partial charge >= 0.3 is 6.03 Å². The lowest BCUT2D eigenvalue weighted by Gasteiger charge is -2.26. The van der Waals surface area contributed by atoms with E-state index in [2.05, 4.69) is 10.5 Å². The van der Waals surface area contributed by atoms with Crippen molar-refractivity contribution in [3.63, 3.8) is 0 Å². The molecule has 1 aliphatic heterocycles. The molecule has 0 atom stereocenters. The largest absolute Gasteiger partial charge is 0.378 e. The third-order valence-corrected chi connectivity index (χ3v) is 2.38. The van der Waals surface area contributed by atoms with Crippen molar-refractivity contribution in [1.29, 1.82) is 0 Å². The first-order chi connectivity index (χ1) is 8.16. The van der Waals surface area contributed by atoms with Crippen LogP contribution in [0.4, 0.5) is 4.79 Å². The van der Waals surface area contributed by atoms with Crippen LogP contribution in [0.25, 0.3) is 0 Å². The van der Waals surface area contributed by atoms with Gasteiger partial charge in [-0.05, 0) is 6.92 Å². The molecule has 0 saturated carbocycles. The molecule has 1 aromatic rings. The van der Waals surface area contributed by atoms with Gasteiger partial charge in [0, 0.05) is 19.2 Å². The quantitative estimate of drug-likeness (QED) is 0.754. The minimum atomic E-state index is -0.557. The minimum Gasteiger partial charge on any atom is -0.378 e. The maximum Gasteiger partial charge on any atom is 0.324 e. The summed E-state index contributed by atoms with van der Waals surface area (Å²) in [5, 5.41) is 5.78. The summed E-state index contributed by atoms with van der Waals surface area (Å²) in [6, 6.07) is 1.04. The van der Waals surface area contributed by atoms with Crippen molar-refractivity contribution < 1.29 is 18.8 Å². The lowest BCUT2D eigenvalue weighted by molar-refractivity contribution is 0.0523. The standard InChI is InChI=1S/C10H13N3O4/c1-7-6-8(12-17-7)9(14)11-10(15)13-2-4-16-5-3-13/h6H,2-5H2,1H3,(H,11,14,15). The van der Waals surface area contributed by atoms with Crippen LogP contribution in [0, 0.1) is 6.92 Å². The molecule has 2 rings (SSSR count). The Morgan fingerprint density at radius 2 is 2.12 bits per heavy atom. The van der Waals surface area contributed by atoms with Gasteiger partial charge in [-0.1, -0.05) is 5.16 Å². The van der Waals surface area contributed by atoms with E-state index < -0.39 is 11.9 Å². The summed E-state index contributed by atoms with van der Waals surface area (Å²) in [5.74, 6) is -0.0349. The van der Waals surface area contributed by atoms with Gasteiger partial charge in [0.15, 0.2) is 5.69 Å². The van der Waals surface area contributed by atoms with Crippen LogP contribution in [0.1, 0.15) is 16.2 Å². The van der Waals surface area contributed by atoms with Gasteiger partial charge in [0.05, 0.1) is 13.2 Å². The average molecular weight is 239 g/mol. The number of aryl methyl sites for hydroxylation is 1. The molecule has 1 aliphatic rings. The van der Waals surface area contributed by atoms with E-state index in [1.807, 2.05) is 0 Å².